The lowest BCUT2D eigenvalue weighted by atomic mass is 10.3. The Hall–Kier alpha value is -1.18. The molecule has 0 rings (SSSR count). The molecule has 0 aliphatic carbocycles. The van der Waals surface area contributed by atoms with Crippen LogP contribution in [0.2, 0.25) is 0 Å². The molecule has 0 unspecified atom stereocenters. The van der Waals surface area contributed by atoms with Crippen LogP contribution in [0.25, 0.3) is 0 Å². The van der Waals surface area contributed by atoms with Gasteiger partial charge in [-0.25, -0.2) is 0 Å². The minimum atomic E-state index is -0.0927. The van der Waals surface area contributed by atoms with Crippen molar-refractivity contribution in [1.82, 2.24) is 0 Å². The third-order valence-corrected chi connectivity index (χ3v) is 0.807. The van der Waals surface area contributed by atoms with Crippen molar-refractivity contribution in [2.45, 2.75) is 34.6 Å². The molecule has 76 valence electrons. The van der Waals surface area contributed by atoms with Crippen LogP contribution in [0.4, 0.5) is 0 Å². The van der Waals surface area contributed by atoms with E-state index in [1.807, 2.05) is 27.7 Å². The second-order valence-corrected chi connectivity index (χ2v) is 1.50. The summed E-state index contributed by atoms with van der Waals surface area (Å²) in [5.41, 5.74) is 0.352. The number of Topliss-reactive ketones (excluding diaryl/α,β-unsaturated/α-hetero) is 1. The molecule has 0 spiro atoms. The molecule has 0 N–H and O–H groups in total. The average Bonchev–Trinajstić information content (AvgIpc) is 2.20. The van der Waals surface area contributed by atoms with Gasteiger partial charge in [0.15, 0.2) is 5.78 Å². The minimum Gasteiger partial charge on any atom is -0.293 e. The molecule has 0 aromatic rings. The molecule has 0 heterocycles. The molecule has 0 aliphatic heterocycles. The number of carbonyl (C=O) groups is 1. The predicted molar refractivity (Wildman–Crippen MR) is 61.2 cm³/mol. The van der Waals surface area contributed by atoms with Crippen molar-refractivity contribution in [3.63, 3.8) is 0 Å². The van der Waals surface area contributed by atoms with Gasteiger partial charge in [0, 0.05) is 6.92 Å². The van der Waals surface area contributed by atoms with E-state index in [1.54, 1.807) is 0 Å². The molecule has 0 saturated carbocycles. The first kappa shape index (κ1) is 17.8. The molecule has 2 heteroatoms. The van der Waals surface area contributed by atoms with Crippen molar-refractivity contribution >= 4 is 12.5 Å². The molecule has 0 fully saturated rings. The fourth-order valence-electron chi connectivity index (χ4n) is 0.393. The Kier molecular flexibility index (Phi) is 23.3. The Bertz CT molecular complexity index is 169. The Balaban J connectivity index is -0.000000218. The van der Waals surface area contributed by atoms with Crippen molar-refractivity contribution in [1.29, 1.82) is 0 Å². The Morgan fingerprint density at radius 1 is 1.23 bits per heavy atom. The zero-order valence-electron chi connectivity index (χ0n) is 9.42. The van der Waals surface area contributed by atoms with Crippen molar-refractivity contribution in [3.05, 3.63) is 24.4 Å². The van der Waals surface area contributed by atoms with Crippen LogP contribution in [0.15, 0.2) is 29.4 Å². The highest BCUT2D eigenvalue weighted by Gasteiger charge is 1.95. The largest absolute Gasteiger partial charge is 0.293 e. The fourth-order valence-corrected chi connectivity index (χ4v) is 0.393. The van der Waals surface area contributed by atoms with Crippen LogP contribution in [0.1, 0.15) is 34.6 Å². The van der Waals surface area contributed by atoms with Crippen molar-refractivity contribution < 1.29 is 4.79 Å². The van der Waals surface area contributed by atoms with Gasteiger partial charge in [-0.1, -0.05) is 40.3 Å². The van der Waals surface area contributed by atoms with Gasteiger partial charge in [-0.15, -0.1) is 0 Å². The number of ketones is 1. The lowest BCUT2D eigenvalue weighted by Gasteiger charge is -1.88. The molecule has 0 radical (unpaired) electrons. The number of nitrogens with zero attached hydrogens (tertiary/aromatic N) is 1. The van der Waals surface area contributed by atoms with Gasteiger partial charge in [0.25, 0.3) is 0 Å². The van der Waals surface area contributed by atoms with E-state index < -0.39 is 0 Å². The second kappa shape index (κ2) is 17.1. The average molecular weight is 183 g/mol. The standard InChI is InChI=1S/C7H9NO.2C2H6/c1-4-5-7(8-3)6(2)9;2*1-2/h4-5H,1,3H2,2H3;2*1-2H3/b7-5-;;. The lowest BCUT2D eigenvalue weighted by molar-refractivity contribution is -0.113. The number of carbonyl (C=O) groups excluding carboxylic acids is 1. The molecule has 0 aromatic carbocycles. The van der Waals surface area contributed by atoms with E-state index >= 15 is 0 Å². The zero-order chi connectivity index (χ0) is 11.3. The predicted octanol–water partition coefficient (Wildman–Crippen LogP) is 3.40. The third kappa shape index (κ3) is 13.8. The lowest BCUT2D eigenvalue weighted by Crippen LogP contribution is -1.91. The topological polar surface area (TPSA) is 29.4 Å². The summed E-state index contributed by atoms with van der Waals surface area (Å²) >= 11 is 0. The monoisotopic (exact) mass is 183 g/mol. The molecule has 2 nitrogen and oxygen atoms in total. The highest BCUT2D eigenvalue weighted by molar-refractivity contribution is 5.93. The van der Waals surface area contributed by atoms with E-state index in [4.69, 9.17) is 0 Å². The van der Waals surface area contributed by atoms with Gasteiger partial charge in [0.05, 0.1) is 0 Å². The van der Waals surface area contributed by atoms with Crippen LogP contribution in [-0.4, -0.2) is 12.5 Å². The summed E-state index contributed by atoms with van der Waals surface area (Å²) < 4.78 is 0. The van der Waals surface area contributed by atoms with Gasteiger partial charge < -0.3 is 0 Å². The summed E-state index contributed by atoms with van der Waals surface area (Å²) in [5, 5.41) is 0. The van der Waals surface area contributed by atoms with Crippen LogP contribution in [-0.2, 0) is 4.79 Å². The fraction of sp³-hybridized carbons (Fsp3) is 0.455. The molecular formula is C11H21NO. The first-order valence-corrected chi connectivity index (χ1v) is 4.52. The molecular weight excluding hydrogens is 162 g/mol. The van der Waals surface area contributed by atoms with Crippen LogP contribution < -0.4 is 0 Å². The third-order valence-electron chi connectivity index (χ3n) is 0.807. The van der Waals surface area contributed by atoms with Crippen molar-refractivity contribution in [2.24, 2.45) is 4.99 Å². The first-order valence-electron chi connectivity index (χ1n) is 4.52. The van der Waals surface area contributed by atoms with Crippen molar-refractivity contribution in [2.75, 3.05) is 0 Å². The van der Waals surface area contributed by atoms with Gasteiger partial charge in [-0.05, 0) is 12.8 Å². The number of hydrogen-bond acceptors (Lipinski definition) is 2. The number of rotatable bonds is 3. The van der Waals surface area contributed by atoms with Gasteiger partial charge in [-0.3, -0.25) is 9.79 Å². The summed E-state index contributed by atoms with van der Waals surface area (Å²) in [6.07, 6.45) is 3.03. The van der Waals surface area contributed by atoms with E-state index in [2.05, 4.69) is 18.3 Å². The Labute approximate surface area is 82.1 Å². The smallest absolute Gasteiger partial charge is 0.178 e. The van der Waals surface area contributed by atoms with Crippen LogP contribution >= 0.6 is 0 Å². The van der Waals surface area contributed by atoms with E-state index in [-0.39, 0.29) is 5.78 Å². The molecule has 13 heavy (non-hydrogen) atoms. The normalized spacial score (nSPS) is 8.23. The summed E-state index contributed by atoms with van der Waals surface area (Å²) in [6.45, 7) is 16.1. The number of allylic oxidation sites excluding steroid dienone is 3. The maximum absolute atomic E-state index is 10.5. The van der Waals surface area contributed by atoms with E-state index in [0.29, 0.717) is 5.70 Å². The van der Waals surface area contributed by atoms with Crippen molar-refractivity contribution in [3.8, 4) is 0 Å². The van der Waals surface area contributed by atoms with Gasteiger partial charge in [-0.2, -0.15) is 0 Å². The second-order valence-electron chi connectivity index (χ2n) is 1.50. The molecule has 0 atom stereocenters. The minimum absolute atomic E-state index is 0.0927. The SMILES string of the molecule is C=C/C=C(\N=C)C(C)=O.CC.CC. The van der Waals surface area contributed by atoms with E-state index in [1.165, 1.54) is 19.1 Å². The number of hydrogen-bond donors (Lipinski definition) is 0. The van der Waals surface area contributed by atoms with E-state index in [9.17, 15) is 4.79 Å². The zero-order valence-corrected chi connectivity index (χ0v) is 9.42. The molecule has 0 amide bonds. The highest BCUT2D eigenvalue weighted by Crippen LogP contribution is 1.95. The summed E-state index contributed by atoms with van der Waals surface area (Å²) in [5.74, 6) is -0.0927. The Morgan fingerprint density at radius 2 is 1.62 bits per heavy atom. The summed E-state index contributed by atoms with van der Waals surface area (Å²) in [4.78, 5) is 14.0. The summed E-state index contributed by atoms with van der Waals surface area (Å²) in [7, 11) is 0. The molecule has 0 bridgehead atoms. The Morgan fingerprint density at radius 3 is 1.69 bits per heavy atom. The van der Waals surface area contributed by atoms with Gasteiger partial charge >= 0.3 is 0 Å². The van der Waals surface area contributed by atoms with Gasteiger partial charge in [0.1, 0.15) is 5.70 Å². The maximum atomic E-state index is 10.5. The first-order chi connectivity index (χ1) is 6.22. The molecule has 0 aliphatic rings. The highest BCUT2D eigenvalue weighted by atomic mass is 16.1. The molecule has 0 aromatic heterocycles. The van der Waals surface area contributed by atoms with Crippen LogP contribution in [0.3, 0.4) is 0 Å². The summed E-state index contributed by atoms with van der Waals surface area (Å²) in [6, 6.07) is 0. The quantitative estimate of drug-likeness (QED) is 0.374. The van der Waals surface area contributed by atoms with Crippen LogP contribution in [0.5, 0.6) is 0 Å². The van der Waals surface area contributed by atoms with Crippen LogP contribution in [0, 0.1) is 0 Å². The maximum Gasteiger partial charge on any atom is 0.178 e. The van der Waals surface area contributed by atoms with Gasteiger partial charge in [0.2, 0.25) is 0 Å². The molecule has 0 saturated heterocycles. The van der Waals surface area contributed by atoms with E-state index in [0.717, 1.165) is 0 Å². The number of aliphatic imine (C=N–C) groups is 1.